The van der Waals surface area contributed by atoms with E-state index < -0.39 is 0 Å². The number of hydrogen-bond acceptors (Lipinski definition) is 2. The van der Waals surface area contributed by atoms with Crippen LogP contribution in [0.15, 0.2) is 18.2 Å². The fourth-order valence-corrected chi connectivity index (χ4v) is 1.90. The minimum atomic E-state index is -0.144. The Kier molecular flexibility index (Phi) is 6.91. The monoisotopic (exact) mass is 289 g/mol. The number of amides is 1. The SMILES string of the molecule is COc1cc(Cl)ccc1C(=O)NCCCCCCl. The highest BCUT2D eigenvalue weighted by molar-refractivity contribution is 6.30. The maximum absolute atomic E-state index is 11.9. The van der Waals surface area contributed by atoms with E-state index >= 15 is 0 Å². The first-order chi connectivity index (χ1) is 8.69. The lowest BCUT2D eigenvalue weighted by atomic mass is 10.2. The van der Waals surface area contributed by atoms with Crippen molar-refractivity contribution in [3.8, 4) is 5.75 Å². The van der Waals surface area contributed by atoms with Crippen LogP contribution in [0.4, 0.5) is 0 Å². The maximum atomic E-state index is 11.9. The van der Waals surface area contributed by atoms with E-state index in [1.807, 2.05) is 0 Å². The summed E-state index contributed by atoms with van der Waals surface area (Å²) in [6.45, 7) is 0.640. The van der Waals surface area contributed by atoms with Crippen molar-refractivity contribution in [3.05, 3.63) is 28.8 Å². The molecule has 0 unspecified atom stereocenters. The van der Waals surface area contributed by atoms with E-state index in [-0.39, 0.29) is 5.91 Å². The van der Waals surface area contributed by atoms with Gasteiger partial charge in [0.15, 0.2) is 0 Å². The van der Waals surface area contributed by atoms with Gasteiger partial charge in [-0.1, -0.05) is 18.0 Å². The van der Waals surface area contributed by atoms with Gasteiger partial charge in [-0.2, -0.15) is 0 Å². The average molecular weight is 290 g/mol. The number of rotatable bonds is 7. The number of hydrogen-bond donors (Lipinski definition) is 1. The van der Waals surface area contributed by atoms with Gasteiger partial charge < -0.3 is 10.1 Å². The molecule has 0 heterocycles. The van der Waals surface area contributed by atoms with Gasteiger partial charge in [-0.25, -0.2) is 0 Å². The van der Waals surface area contributed by atoms with Gasteiger partial charge in [0, 0.05) is 17.4 Å². The summed E-state index contributed by atoms with van der Waals surface area (Å²) < 4.78 is 5.13. The van der Waals surface area contributed by atoms with Crippen LogP contribution < -0.4 is 10.1 Å². The molecule has 3 nitrogen and oxygen atoms in total. The van der Waals surface area contributed by atoms with Crippen molar-refractivity contribution in [2.45, 2.75) is 19.3 Å². The highest BCUT2D eigenvalue weighted by Gasteiger charge is 2.11. The van der Waals surface area contributed by atoms with Crippen molar-refractivity contribution in [1.29, 1.82) is 0 Å². The molecule has 1 aromatic rings. The number of carbonyl (C=O) groups is 1. The molecule has 100 valence electrons. The van der Waals surface area contributed by atoms with Crippen LogP contribution in [-0.2, 0) is 0 Å². The Morgan fingerprint density at radius 2 is 2.11 bits per heavy atom. The molecular formula is C13H17Cl2NO2. The lowest BCUT2D eigenvalue weighted by Crippen LogP contribution is -2.24. The zero-order chi connectivity index (χ0) is 13.4. The van der Waals surface area contributed by atoms with Crippen LogP contribution in [0.2, 0.25) is 5.02 Å². The van der Waals surface area contributed by atoms with Gasteiger partial charge in [0.2, 0.25) is 0 Å². The Morgan fingerprint density at radius 1 is 1.33 bits per heavy atom. The van der Waals surface area contributed by atoms with Crippen LogP contribution in [0.1, 0.15) is 29.6 Å². The normalized spacial score (nSPS) is 10.2. The number of halogens is 2. The van der Waals surface area contributed by atoms with Gasteiger partial charge in [-0.05, 0) is 31.0 Å². The number of ether oxygens (including phenoxy) is 1. The third-order valence-electron chi connectivity index (χ3n) is 2.50. The topological polar surface area (TPSA) is 38.3 Å². The van der Waals surface area contributed by atoms with E-state index in [1.54, 1.807) is 18.2 Å². The second-order valence-electron chi connectivity index (χ2n) is 3.85. The lowest BCUT2D eigenvalue weighted by molar-refractivity contribution is 0.0950. The van der Waals surface area contributed by atoms with Gasteiger partial charge in [0.1, 0.15) is 5.75 Å². The van der Waals surface area contributed by atoms with E-state index in [1.165, 1.54) is 7.11 Å². The van der Waals surface area contributed by atoms with Crippen LogP contribution in [0, 0.1) is 0 Å². The average Bonchev–Trinajstić information content (AvgIpc) is 2.38. The largest absolute Gasteiger partial charge is 0.496 e. The number of carbonyl (C=O) groups excluding carboxylic acids is 1. The molecule has 0 fully saturated rings. The molecule has 0 aliphatic carbocycles. The first-order valence-corrected chi connectivity index (χ1v) is 6.78. The molecule has 0 atom stereocenters. The molecule has 1 rings (SSSR count). The zero-order valence-electron chi connectivity index (χ0n) is 10.3. The molecule has 0 aliphatic heterocycles. The highest BCUT2D eigenvalue weighted by Crippen LogP contribution is 2.22. The highest BCUT2D eigenvalue weighted by atomic mass is 35.5. The van der Waals surface area contributed by atoms with Crippen LogP contribution in [-0.4, -0.2) is 25.4 Å². The molecule has 0 radical (unpaired) electrons. The number of nitrogens with one attached hydrogen (secondary N) is 1. The molecule has 1 N–H and O–H groups in total. The van der Waals surface area contributed by atoms with Crippen LogP contribution in [0.3, 0.4) is 0 Å². The molecule has 0 bridgehead atoms. The summed E-state index contributed by atoms with van der Waals surface area (Å²) in [6.07, 6.45) is 2.91. The Morgan fingerprint density at radius 3 is 2.78 bits per heavy atom. The summed E-state index contributed by atoms with van der Waals surface area (Å²) in [7, 11) is 1.52. The molecule has 1 amide bonds. The summed E-state index contributed by atoms with van der Waals surface area (Å²) in [4.78, 5) is 11.9. The van der Waals surface area contributed by atoms with Crippen molar-refractivity contribution in [1.82, 2.24) is 5.32 Å². The van der Waals surface area contributed by atoms with Crippen molar-refractivity contribution < 1.29 is 9.53 Å². The van der Waals surface area contributed by atoms with Gasteiger partial charge in [-0.3, -0.25) is 4.79 Å². The third kappa shape index (κ3) is 4.75. The smallest absolute Gasteiger partial charge is 0.255 e. The van der Waals surface area contributed by atoms with Crippen LogP contribution >= 0.6 is 23.2 Å². The molecular weight excluding hydrogens is 273 g/mol. The fraction of sp³-hybridized carbons (Fsp3) is 0.462. The number of unbranched alkanes of at least 4 members (excludes halogenated alkanes) is 2. The van der Waals surface area contributed by atoms with Gasteiger partial charge in [-0.15, -0.1) is 11.6 Å². The Balaban J connectivity index is 2.51. The predicted molar refractivity (Wildman–Crippen MR) is 74.9 cm³/mol. The molecule has 0 saturated carbocycles. The quantitative estimate of drug-likeness (QED) is 0.616. The van der Waals surface area contributed by atoms with Gasteiger partial charge in [0.25, 0.3) is 5.91 Å². The van der Waals surface area contributed by atoms with Gasteiger partial charge >= 0.3 is 0 Å². The van der Waals surface area contributed by atoms with E-state index in [9.17, 15) is 4.79 Å². The number of methoxy groups -OCH3 is 1. The summed E-state index contributed by atoms with van der Waals surface area (Å²) >= 11 is 11.4. The van der Waals surface area contributed by atoms with E-state index in [4.69, 9.17) is 27.9 Å². The molecule has 5 heteroatoms. The minimum absolute atomic E-state index is 0.144. The Hall–Kier alpha value is -0.930. The molecule has 1 aromatic carbocycles. The molecule has 0 aliphatic rings. The third-order valence-corrected chi connectivity index (χ3v) is 3.01. The first-order valence-electron chi connectivity index (χ1n) is 5.86. The summed E-state index contributed by atoms with van der Waals surface area (Å²) in [5.74, 6) is 1.01. The predicted octanol–water partition coefficient (Wildman–Crippen LogP) is 3.49. The summed E-state index contributed by atoms with van der Waals surface area (Å²) in [5, 5.41) is 3.39. The number of alkyl halides is 1. The van der Waals surface area contributed by atoms with Crippen molar-refractivity contribution >= 4 is 29.1 Å². The van der Waals surface area contributed by atoms with E-state index in [0.717, 1.165) is 19.3 Å². The molecule has 0 saturated heterocycles. The van der Waals surface area contributed by atoms with E-state index in [2.05, 4.69) is 5.32 Å². The Labute approximate surface area is 117 Å². The van der Waals surface area contributed by atoms with Crippen LogP contribution in [0.25, 0.3) is 0 Å². The maximum Gasteiger partial charge on any atom is 0.255 e. The van der Waals surface area contributed by atoms with Crippen LogP contribution in [0.5, 0.6) is 5.75 Å². The zero-order valence-corrected chi connectivity index (χ0v) is 11.9. The number of benzene rings is 1. The molecule has 0 aromatic heterocycles. The minimum Gasteiger partial charge on any atom is -0.496 e. The van der Waals surface area contributed by atoms with Gasteiger partial charge in [0.05, 0.1) is 12.7 Å². The molecule has 18 heavy (non-hydrogen) atoms. The summed E-state index contributed by atoms with van der Waals surface area (Å²) in [5.41, 5.74) is 0.499. The standard InChI is InChI=1S/C13H17Cl2NO2/c1-18-12-9-10(15)5-6-11(12)13(17)16-8-4-2-3-7-14/h5-6,9H,2-4,7-8H2,1H3,(H,16,17). The van der Waals surface area contributed by atoms with Crippen molar-refractivity contribution in [2.75, 3.05) is 19.5 Å². The Bertz CT molecular complexity index is 397. The fourth-order valence-electron chi connectivity index (χ4n) is 1.55. The second kappa shape index (κ2) is 8.22. The summed E-state index contributed by atoms with van der Waals surface area (Å²) in [6, 6.07) is 4.96. The van der Waals surface area contributed by atoms with E-state index in [0.29, 0.717) is 28.8 Å². The van der Waals surface area contributed by atoms with Crippen molar-refractivity contribution in [2.24, 2.45) is 0 Å². The lowest BCUT2D eigenvalue weighted by Gasteiger charge is -2.09. The van der Waals surface area contributed by atoms with Crippen molar-refractivity contribution in [3.63, 3.8) is 0 Å². The first kappa shape index (κ1) is 15.1. The molecule has 0 spiro atoms. The second-order valence-corrected chi connectivity index (χ2v) is 4.66.